The van der Waals surface area contributed by atoms with Gasteiger partial charge >= 0.3 is 0 Å². The Morgan fingerprint density at radius 3 is 2.67 bits per heavy atom. The van der Waals surface area contributed by atoms with Crippen molar-refractivity contribution in [1.82, 2.24) is 4.98 Å². The normalized spacial score (nSPS) is 10.5. The molecule has 0 amide bonds. The van der Waals surface area contributed by atoms with Crippen LogP contribution in [0, 0.1) is 0 Å². The number of carbonyl (C=O) groups is 1. The van der Waals surface area contributed by atoms with Gasteiger partial charge in [0.2, 0.25) is 0 Å². The highest BCUT2D eigenvalue weighted by molar-refractivity contribution is 6.67. The molecule has 1 rings (SSSR count). The molecule has 0 unspecified atom stereocenters. The van der Waals surface area contributed by atoms with Crippen molar-refractivity contribution < 1.29 is 18.3 Å². The Hall–Kier alpha value is -1.43. The van der Waals surface area contributed by atoms with E-state index in [1.165, 1.54) is 7.11 Å². The van der Waals surface area contributed by atoms with Crippen molar-refractivity contribution in [3.63, 3.8) is 0 Å². The Morgan fingerprint density at radius 1 is 1.67 bits per heavy atom. The highest BCUT2D eigenvalue weighted by Gasteiger charge is 2.24. The molecule has 1 heterocycles. The minimum Gasteiger partial charge on any atom is -0.496 e. The molecule has 0 saturated carbocycles. The van der Waals surface area contributed by atoms with Gasteiger partial charge < -0.3 is 10.5 Å². The summed E-state index contributed by atoms with van der Waals surface area (Å²) in [5.74, 6) is -0.318. The predicted octanol–water partition coefficient (Wildman–Crippen LogP) is 1.99. The first kappa shape index (κ1) is 11.6. The predicted molar refractivity (Wildman–Crippen MR) is 50.3 cm³/mol. The van der Waals surface area contributed by atoms with Crippen LogP contribution in [0.5, 0.6) is 5.75 Å². The average molecular weight is 237 g/mol. The first-order valence-corrected chi connectivity index (χ1v) is 4.17. The maximum Gasteiger partial charge on any atom is 0.271 e. The summed E-state index contributed by atoms with van der Waals surface area (Å²) in [5.41, 5.74) is 4.07. The molecule has 0 bridgehead atoms. The van der Waals surface area contributed by atoms with Gasteiger partial charge in [-0.15, -0.1) is 0 Å². The number of nitrogens with zero attached hydrogens (tertiary/aromatic N) is 1. The van der Waals surface area contributed by atoms with Crippen molar-refractivity contribution in [2.45, 2.75) is 6.43 Å². The summed E-state index contributed by atoms with van der Waals surface area (Å²) < 4.78 is 29.9. The van der Waals surface area contributed by atoms with Crippen LogP contribution in [0.3, 0.4) is 0 Å². The monoisotopic (exact) mass is 236 g/mol. The van der Waals surface area contributed by atoms with E-state index in [4.69, 9.17) is 17.3 Å². The summed E-state index contributed by atoms with van der Waals surface area (Å²) in [6.45, 7) is 0. The summed E-state index contributed by atoms with van der Waals surface area (Å²) in [6, 6.07) is 1.10. The van der Waals surface area contributed by atoms with E-state index in [0.717, 1.165) is 6.07 Å². The molecule has 0 aliphatic carbocycles. The largest absolute Gasteiger partial charge is 0.496 e. The molecule has 0 aliphatic heterocycles. The van der Waals surface area contributed by atoms with Crippen molar-refractivity contribution in [2.24, 2.45) is 0 Å². The van der Waals surface area contributed by atoms with Gasteiger partial charge in [0.1, 0.15) is 17.3 Å². The first-order valence-electron chi connectivity index (χ1n) is 3.79. The van der Waals surface area contributed by atoms with Crippen LogP contribution in [-0.2, 0) is 0 Å². The van der Waals surface area contributed by atoms with Crippen LogP contribution in [0.4, 0.5) is 14.6 Å². The number of anilines is 1. The van der Waals surface area contributed by atoms with Gasteiger partial charge in [-0.3, -0.25) is 4.79 Å². The van der Waals surface area contributed by atoms with Gasteiger partial charge in [0, 0.05) is 6.07 Å². The Balaban J connectivity index is 3.47. The van der Waals surface area contributed by atoms with E-state index in [0.29, 0.717) is 0 Å². The summed E-state index contributed by atoms with van der Waals surface area (Å²) in [4.78, 5) is 14.3. The number of hydrogen-bond acceptors (Lipinski definition) is 4. The average Bonchev–Trinajstić information content (AvgIpc) is 2.15. The number of pyridine rings is 1. The molecule has 82 valence electrons. The van der Waals surface area contributed by atoms with E-state index >= 15 is 0 Å². The standard InChI is InChI=1S/C8H7ClF2N2O2/c1-15-3-2-4(12)13-6(7(9)14)5(3)8(10)11/h2,8H,1H3,(H2,12,13). The number of halogens is 3. The lowest BCUT2D eigenvalue weighted by Gasteiger charge is -2.10. The van der Waals surface area contributed by atoms with Crippen molar-refractivity contribution in [3.05, 3.63) is 17.3 Å². The molecule has 15 heavy (non-hydrogen) atoms. The first-order chi connectivity index (χ1) is 6.97. The number of nitrogen functional groups attached to an aromatic ring is 1. The molecule has 1 aromatic rings. The molecular weight excluding hydrogens is 230 g/mol. The van der Waals surface area contributed by atoms with E-state index in [-0.39, 0.29) is 11.6 Å². The van der Waals surface area contributed by atoms with Gasteiger partial charge in [0.05, 0.1) is 12.7 Å². The van der Waals surface area contributed by atoms with Crippen LogP contribution >= 0.6 is 11.6 Å². The number of aromatic nitrogens is 1. The lowest BCUT2D eigenvalue weighted by molar-refractivity contribution is 0.105. The SMILES string of the molecule is COc1cc(N)nc(C(=O)Cl)c1C(F)F. The van der Waals surface area contributed by atoms with Gasteiger partial charge in [-0.25, -0.2) is 13.8 Å². The minimum atomic E-state index is -2.91. The Labute approximate surface area is 89.0 Å². The van der Waals surface area contributed by atoms with E-state index in [9.17, 15) is 13.6 Å². The van der Waals surface area contributed by atoms with E-state index < -0.39 is 22.9 Å². The van der Waals surface area contributed by atoms with Gasteiger partial charge in [-0.2, -0.15) is 0 Å². The van der Waals surface area contributed by atoms with Crippen LogP contribution in [0.25, 0.3) is 0 Å². The molecule has 0 aliphatic rings. The maximum absolute atomic E-state index is 12.6. The molecule has 0 spiro atoms. The van der Waals surface area contributed by atoms with Crippen LogP contribution in [0.15, 0.2) is 6.07 Å². The molecule has 1 aromatic heterocycles. The van der Waals surface area contributed by atoms with Crippen LogP contribution in [0.2, 0.25) is 0 Å². The van der Waals surface area contributed by atoms with E-state index in [1.807, 2.05) is 0 Å². The zero-order valence-corrected chi connectivity index (χ0v) is 8.39. The number of methoxy groups -OCH3 is 1. The molecule has 0 saturated heterocycles. The number of hydrogen-bond donors (Lipinski definition) is 1. The molecular formula is C8H7ClF2N2O2. The van der Waals surface area contributed by atoms with Gasteiger partial charge in [0.15, 0.2) is 0 Å². The van der Waals surface area contributed by atoms with E-state index in [1.54, 1.807) is 0 Å². The van der Waals surface area contributed by atoms with Crippen molar-refractivity contribution in [2.75, 3.05) is 12.8 Å². The zero-order valence-electron chi connectivity index (χ0n) is 7.63. The minimum absolute atomic E-state index is 0.111. The fraction of sp³-hybridized carbons (Fsp3) is 0.250. The Morgan fingerprint density at radius 2 is 2.27 bits per heavy atom. The van der Waals surface area contributed by atoms with Gasteiger partial charge in [0.25, 0.3) is 11.7 Å². The Bertz CT molecular complexity index is 398. The summed E-state index contributed by atoms with van der Waals surface area (Å²) in [5, 5.41) is -1.10. The third-order valence-electron chi connectivity index (χ3n) is 1.66. The van der Waals surface area contributed by atoms with E-state index in [2.05, 4.69) is 9.72 Å². The number of ether oxygens (including phenoxy) is 1. The highest BCUT2D eigenvalue weighted by Crippen LogP contribution is 2.33. The molecule has 2 N–H and O–H groups in total. The highest BCUT2D eigenvalue weighted by atomic mass is 35.5. The lowest BCUT2D eigenvalue weighted by Crippen LogP contribution is -2.07. The van der Waals surface area contributed by atoms with Gasteiger partial charge in [-0.1, -0.05) is 0 Å². The van der Waals surface area contributed by atoms with Crippen LogP contribution in [0.1, 0.15) is 22.5 Å². The fourth-order valence-corrected chi connectivity index (χ4v) is 1.22. The quantitative estimate of drug-likeness (QED) is 0.815. The number of alkyl halides is 2. The van der Waals surface area contributed by atoms with Crippen molar-refractivity contribution >= 4 is 22.7 Å². The third kappa shape index (κ3) is 2.33. The maximum atomic E-state index is 12.6. The fourth-order valence-electron chi connectivity index (χ4n) is 1.08. The third-order valence-corrected chi connectivity index (χ3v) is 1.84. The van der Waals surface area contributed by atoms with Crippen LogP contribution in [-0.4, -0.2) is 17.3 Å². The van der Waals surface area contributed by atoms with Crippen molar-refractivity contribution in [3.8, 4) is 5.75 Å². The second kappa shape index (κ2) is 4.39. The smallest absolute Gasteiger partial charge is 0.271 e. The summed E-state index contributed by atoms with van der Waals surface area (Å²) in [6.07, 6.45) is -2.91. The van der Waals surface area contributed by atoms with Gasteiger partial charge in [-0.05, 0) is 11.6 Å². The molecule has 0 radical (unpaired) electrons. The molecule has 4 nitrogen and oxygen atoms in total. The second-order valence-electron chi connectivity index (χ2n) is 2.59. The molecule has 0 fully saturated rings. The molecule has 7 heteroatoms. The second-order valence-corrected chi connectivity index (χ2v) is 2.93. The Kier molecular flexibility index (Phi) is 3.41. The number of nitrogens with two attached hydrogens (primary N) is 1. The number of rotatable bonds is 3. The molecule has 0 aromatic carbocycles. The van der Waals surface area contributed by atoms with Crippen LogP contribution < -0.4 is 10.5 Å². The summed E-state index contributed by atoms with van der Waals surface area (Å²) in [7, 11) is 1.18. The molecule has 0 atom stereocenters. The summed E-state index contributed by atoms with van der Waals surface area (Å²) >= 11 is 5.11. The number of carbonyl (C=O) groups excluding carboxylic acids is 1. The zero-order chi connectivity index (χ0) is 11.6. The topological polar surface area (TPSA) is 65.2 Å². The lowest BCUT2D eigenvalue weighted by atomic mass is 10.2. The van der Waals surface area contributed by atoms with Crippen molar-refractivity contribution in [1.29, 1.82) is 0 Å².